The van der Waals surface area contributed by atoms with Crippen LogP contribution in [0.1, 0.15) is 6.42 Å². The Morgan fingerprint density at radius 2 is 2.00 bits per heavy atom. The quantitative estimate of drug-likeness (QED) is 0.851. The molecule has 0 bridgehead atoms. The molecule has 2 N–H and O–H groups in total. The maximum Gasteiger partial charge on any atom is 0.305 e. The van der Waals surface area contributed by atoms with Gasteiger partial charge in [0.05, 0.1) is 6.42 Å². The van der Waals surface area contributed by atoms with Gasteiger partial charge in [-0.2, -0.15) is 0 Å². The van der Waals surface area contributed by atoms with E-state index in [2.05, 4.69) is 5.32 Å². The number of benzene rings is 1. The van der Waals surface area contributed by atoms with Gasteiger partial charge in [0.1, 0.15) is 0 Å². The van der Waals surface area contributed by atoms with E-state index in [0.29, 0.717) is 0 Å². The molecule has 0 aliphatic carbocycles. The number of carboxylic acids is 1. The Hall–Kier alpha value is -2.02. The van der Waals surface area contributed by atoms with Gasteiger partial charge in [-0.15, -0.1) is 0 Å². The summed E-state index contributed by atoms with van der Waals surface area (Å²) in [6, 6.07) is 9.06. The van der Waals surface area contributed by atoms with Crippen molar-refractivity contribution in [2.24, 2.45) is 0 Å². The standard InChI is InChI=1S/C12H12N2O4S/c15-9(16)6-7-14-11(17)10(19-12(14)18)13-8-4-2-1-3-5-8/h1-5,10,13H,6-7H2,(H,15,16)/t10-/m0/s1. The molecule has 6 nitrogen and oxygen atoms in total. The summed E-state index contributed by atoms with van der Waals surface area (Å²) in [4.78, 5) is 35.0. The fourth-order valence-corrected chi connectivity index (χ4v) is 2.57. The Kier molecular flexibility index (Phi) is 4.06. The number of carboxylic acid groups (broad SMARTS) is 1. The number of thioether (sulfide) groups is 1. The third-order valence-electron chi connectivity index (χ3n) is 2.55. The minimum absolute atomic E-state index is 0.0903. The van der Waals surface area contributed by atoms with Crippen LogP contribution < -0.4 is 5.32 Å². The van der Waals surface area contributed by atoms with Crippen LogP contribution in [0.2, 0.25) is 0 Å². The van der Waals surface area contributed by atoms with Crippen LogP contribution in [0.15, 0.2) is 30.3 Å². The zero-order valence-electron chi connectivity index (χ0n) is 9.91. The molecule has 1 saturated heterocycles. The predicted octanol–water partition coefficient (Wildman–Crippen LogP) is 1.59. The number of amides is 2. The molecule has 1 aliphatic rings. The van der Waals surface area contributed by atoms with Gasteiger partial charge >= 0.3 is 5.97 Å². The zero-order valence-corrected chi connectivity index (χ0v) is 10.7. The third kappa shape index (κ3) is 3.25. The summed E-state index contributed by atoms with van der Waals surface area (Å²) >= 11 is 0.862. The van der Waals surface area contributed by atoms with Gasteiger partial charge in [0.2, 0.25) is 0 Å². The number of carbonyl (C=O) groups is 3. The molecule has 7 heteroatoms. The fourth-order valence-electron chi connectivity index (χ4n) is 1.63. The van der Waals surface area contributed by atoms with Crippen molar-refractivity contribution in [3.05, 3.63) is 30.3 Å². The smallest absolute Gasteiger partial charge is 0.305 e. The summed E-state index contributed by atoms with van der Waals surface area (Å²) < 4.78 is 0. The van der Waals surface area contributed by atoms with E-state index in [1.807, 2.05) is 18.2 Å². The number of carbonyl (C=O) groups excluding carboxylic acids is 2. The van der Waals surface area contributed by atoms with E-state index in [1.54, 1.807) is 12.1 Å². The highest BCUT2D eigenvalue weighted by atomic mass is 32.2. The molecule has 2 rings (SSSR count). The van der Waals surface area contributed by atoms with Crippen LogP contribution in [-0.4, -0.2) is 39.0 Å². The summed E-state index contributed by atoms with van der Waals surface area (Å²) in [5.74, 6) is -1.44. The van der Waals surface area contributed by atoms with Crippen LogP contribution in [-0.2, 0) is 9.59 Å². The number of para-hydroxylation sites is 1. The first-order chi connectivity index (χ1) is 9.08. The van der Waals surface area contributed by atoms with Crippen molar-refractivity contribution in [2.75, 3.05) is 11.9 Å². The van der Waals surface area contributed by atoms with E-state index >= 15 is 0 Å². The summed E-state index contributed by atoms with van der Waals surface area (Å²) in [6.45, 7) is -0.0903. The minimum Gasteiger partial charge on any atom is -0.481 e. The number of aliphatic carboxylic acids is 1. The minimum atomic E-state index is -1.04. The Balaban J connectivity index is 1.99. The monoisotopic (exact) mass is 280 g/mol. The molecule has 1 fully saturated rings. The first kappa shape index (κ1) is 13.4. The van der Waals surface area contributed by atoms with Gasteiger partial charge in [0, 0.05) is 12.2 Å². The lowest BCUT2D eigenvalue weighted by Crippen LogP contribution is -2.35. The highest BCUT2D eigenvalue weighted by molar-refractivity contribution is 8.15. The van der Waals surface area contributed by atoms with E-state index in [1.165, 1.54) is 0 Å². The van der Waals surface area contributed by atoms with Crippen LogP contribution in [0.4, 0.5) is 10.5 Å². The molecule has 0 aromatic heterocycles. The van der Waals surface area contributed by atoms with Crippen molar-refractivity contribution in [3.8, 4) is 0 Å². The second-order valence-electron chi connectivity index (χ2n) is 3.91. The molecule has 0 spiro atoms. The largest absolute Gasteiger partial charge is 0.481 e. The van der Waals surface area contributed by atoms with Crippen molar-refractivity contribution in [1.82, 2.24) is 4.90 Å². The Bertz CT molecular complexity index is 506. The van der Waals surface area contributed by atoms with Gasteiger partial charge in [-0.1, -0.05) is 18.2 Å². The average Bonchev–Trinajstić information content (AvgIpc) is 2.63. The Morgan fingerprint density at radius 3 is 2.63 bits per heavy atom. The van der Waals surface area contributed by atoms with Crippen LogP contribution >= 0.6 is 11.8 Å². The second kappa shape index (κ2) is 5.75. The van der Waals surface area contributed by atoms with Gasteiger partial charge in [0.25, 0.3) is 11.1 Å². The molecule has 0 saturated carbocycles. The molecule has 1 aliphatic heterocycles. The van der Waals surface area contributed by atoms with Crippen molar-refractivity contribution in [2.45, 2.75) is 11.8 Å². The Morgan fingerprint density at radius 1 is 1.32 bits per heavy atom. The van der Waals surface area contributed by atoms with E-state index < -0.39 is 22.5 Å². The molecule has 100 valence electrons. The topological polar surface area (TPSA) is 86.7 Å². The molecule has 0 unspecified atom stereocenters. The maximum atomic E-state index is 12.0. The predicted molar refractivity (Wildman–Crippen MR) is 70.8 cm³/mol. The number of hydrogen-bond acceptors (Lipinski definition) is 5. The SMILES string of the molecule is O=C(O)CCN1C(=O)S[C@H](Nc2ccccc2)C1=O. The lowest BCUT2D eigenvalue weighted by Gasteiger charge is -2.13. The molecular weight excluding hydrogens is 268 g/mol. The number of nitrogens with zero attached hydrogens (tertiary/aromatic N) is 1. The summed E-state index contributed by atoms with van der Waals surface area (Å²) in [5.41, 5.74) is 0.737. The maximum absolute atomic E-state index is 12.0. The average molecular weight is 280 g/mol. The van der Waals surface area contributed by atoms with E-state index in [9.17, 15) is 14.4 Å². The first-order valence-corrected chi connectivity index (χ1v) is 6.51. The molecular formula is C12H12N2O4S. The summed E-state index contributed by atoms with van der Waals surface area (Å²) in [6.07, 6.45) is -0.240. The van der Waals surface area contributed by atoms with Crippen molar-refractivity contribution in [3.63, 3.8) is 0 Å². The van der Waals surface area contributed by atoms with Gasteiger partial charge in [0.15, 0.2) is 5.37 Å². The van der Waals surface area contributed by atoms with Gasteiger partial charge in [-0.25, -0.2) is 0 Å². The number of anilines is 1. The molecule has 1 aromatic carbocycles. The first-order valence-electron chi connectivity index (χ1n) is 5.63. The molecule has 0 radical (unpaired) electrons. The van der Waals surface area contributed by atoms with Gasteiger partial charge in [-0.05, 0) is 23.9 Å². The molecule has 2 amide bonds. The fraction of sp³-hybridized carbons (Fsp3) is 0.250. The van der Waals surface area contributed by atoms with Crippen LogP contribution in [0.3, 0.4) is 0 Å². The molecule has 1 aromatic rings. The third-order valence-corrected chi connectivity index (χ3v) is 3.53. The van der Waals surface area contributed by atoms with Crippen LogP contribution in [0, 0.1) is 0 Å². The molecule has 1 atom stereocenters. The summed E-state index contributed by atoms with van der Waals surface area (Å²) in [7, 11) is 0. The van der Waals surface area contributed by atoms with E-state index in [0.717, 1.165) is 22.3 Å². The van der Waals surface area contributed by atoms with Crippen molar-refractivity contribution >= 4 is 34.6 Å². The van der Waals surface area contributed by atoms with Crippen LogP contribution in [0.25, 0.3) is 0 Å². The molecule has 19 heavy (non-hydrogen) atoms. The lowest BCUT2D eigenvalue weighted by atomic mass is 10.3. The van der Waals surface area contributed by atoms with Crippen LogP contribution in [0.5, 0.6) is 0 Å². The number of rotatable bonds is 5. The summed E-state index contributed by atoms with van der Waals surface area (Å²) in [5, 5.41) is 10.4. The van der Waals surface area contributed by atoms with E-state index in [4.69, 9.17) is 5.11 Å². The molecule has 1 heterocycles. The zero-order chi connectivity index (χ0) is 13.8. The number of imide groups is 1. The highest BCUT2D eigenvalue weighted by Gasteiger charge is 2.39. The van der Waals surface area contributed by atoms with E-state index in [-0.39, 0.29) is 13.0 Å². The Labute approximate surface area is 113 Å². The lowest BCUT2D eigenvalue weighted by molar-refractivity contribution is -0.137. The van der Waals surface area contributed by atoms with Gasteiger partial charge < -0.3 is 10.4 Å². The van der Waals surface area contributed by atoms with Crippen molar-refractivity contribution in [1.29, 1.82) is 0 Å². The van der Waals surface area contributed by atoms with Gasteiger partial charge in [-0.3, -0.25) is 19.3 Å². The van der Waals surface area contributed by atoms with Crippen molar-refractivity contribution < 1.29 is 19.5 Å². The normalized spacial score (nSPS) is 18.7. The second-order valence-corrected chi connectivity index (χ2v) is 4.96. The number of nitrogens with one attached hydrogen (secondary N) is 1. The number of hydrogen-bond donors (Lipinski definition) is 2. The highest BCUT2D eigenvalue weighted by Crippen LogP contribution is 2.28.